The minimum atomic E-state index is -0.355. The van der Waals surface area contributed by atoms with Crippen molar-refractivity contribution in [1.29, 1.82) is 0 Å². The van der Waals surface area contributed by atoms with Crippen molar-refractivity contribution in [2.24, 2.45) is 5.92 Å². The highest BCUT2D eigenvalue weighted by Crippen LogP contribution is 2.48. The summed E-state index contributed by atoms with van der Waals surface area (Å²) in [6.07, 6.45) is 7.20. The molecule has 0 saturated heterocycles. The Morgan fingerprint density at radius 2 is 1.77 bits per heavy atom. The highest BCUT2D eigenvalue weighted by Gasteiger charge is 2.51. The number of hydrogen-bond acceptors (Lipinski definition) is 3. The summed E-state index contributed by atoms with van der Waals surface area (Å²) < 4.78 is 0. The Labute approximate surface area is 136 Å². The van der Waals surface area contributed by atoms with Gasteiger partial charge in [-0.2, -0.15) is 5.06 Å². The number of allylic oxidation sites excluding steroid dienone is 2. The van der Waals surface area contributed by atoms with Gasteiger partial charge >= 0.3 is 0 Å². The van der Waals surface area contributed by atoms with Crippen LogP contribution in [0, 0.1) is 5.92 Å². The van der Waals surface area contributed by atoms with Crippen LogP contribution in [-0.2, 0) is 0 Å². The van der Waals surface area contributed by atoms with E-state index >= 15 is 0 Å². The molecule has 0 fully saturated rings. The summed E-state index contributed by atoms with van der Waals surface area (Å²) in [5, 5.41) is 15.5. The van der Waals surface area contributed by atoms with Crippen LogP contribution in [0.2, 0.25) is 0 Å². The molecule has 2 aliphatic heterocycles. The second-order valence-corrected chi connectivity index (χ2v) is 7.31. The Morgan fingerprint density at radius 3 is 2.23 bits per heavy atom. The van der Waals surface area contributed by atoms with Crippen LogP contribution in [0.1, 0.15) is 61.8 Å². The van der Waals surface area contributed by atoms with Crippen LogP contribution in [0.4, 0.5) is 0 Å². The van der Waals surface area contributed by atoms with E-state index in [4.69, 9.17) is 0 Å². The van der Waals surface area contributed by atoms with Gasteiger partial charge in [0.15, 0.2) is 0 Å². The minimum Gasteiger partial charge on any atom is -0.387 e. The third-order valence-corrected chi connectivity index (χ3v) is 4.45. The summed E-state index contributed by atoms with van der Waals surface area (Å²) in [6, 6.07) is 0. The Kier molecular flexibility index (Phi) is 6.05. The van der Waals surface area contributed by atoms with Gasteiger partial charge < -0.3 is 10.5 Å². The van der Waals surface area contributed by atoms with Gasteiger partial charge in [0.1, 0.15) is 0 Å². The number of rotatable bonds is 3. The molecule has 0 saturated carbocycles. The molecule has 0 bridgehead atoms. The van der Waals surface area contributed by atoms with E-state index in [0.717, 1.165) is 13.0 Å². The number of dihydropyridines is 1. The van der Waals surface area contributed by atoms with Crippen molar-refractivity contribution in [3.8, 4) is 0 Å². The third-order valence-electron chi connectivity index (χ3n) is 4.45. The van der Waals surface area contributed by atoms with Crippen LogP contribution in [0.15, 0.2) is 35.1 Å². The molecule has 0 atom stereocenters. The fraction of sp³-hybridized carbons (Fsp3) is 0.684. The monoisotopic (exact) mass is 306 g/mol. The Morgan fingerprint density at radius 1 is 1.18 bits per heavy atom. The first kappa shape index (κ1) is 19.0. The Balaban J connectivity index is 0.00000116. The summed E-state index contributed by atoms with van der Waals surface area (Å²) in [5.41, 5.74) is 3.29. The summed E-state index contributed by atoms with van der Waals surface area (Å²) in [6.45, 7) is 17.8. The largest absolute Gasteiger partial charge is 0.387 e. The van der Waals surface area contributed by atoms with Gasteiger partial charge in [-0.15, -0.1) is 0 Å². The van der Waals surface area contributed by atoms with E-state index in [2.05, 4.69) is 52.9 Å². The van der Waals surface area contributed by atoms with Gasteiger partial charge in [0, 0.05) is 6.54 Å². The van der Waals surface area contributed by atoms with E-state index in [1.54, 1.807) is 0 Å². The summed E-state index contributed by atoms with van der Waals surface area (Å²) >= 11 is 0. The maximum absolute atomic E-state index is 10.7. The summed E-state index contributed by atoms with van der Waals surface area (Å²) in [7, 11) is 0. The first-order valence-corrected chi connectivity index (χ1v) is 8.51. The molecule has 0 aromatic carbocycles. The maximum Gasteiger partial charge on any atom is 0.0665 e. The zero-order valence-electron chi connectivity index (χ0n) is 15.6. The molecule has 0 radical (unpaired) electrons. The van der Waals surface area contributed by atoms with E-state index in [1.165, 1.54) is 21.8 Å². The van der Waals surface area contributed by atoms with Crippen molar-refractivity contribution in [1.82, 2.24) is 10.4 Å². The fourth-order valence-electron chi connectivity index (χ4n) is 3.59. The van der Waals surface area contributed by atoms with Crippen molar-refractivity contribution < 1.29 is 5.21 Å². The van der Waals surface area contributed by atoms with Gasteiger partial charge in [-0.25, -0.2) is 0 Å². The molecule has 2 N–H and O–H groups in total. The van der Waals surface area contributed by atoms with Gasteiger partial charge in [-0.1, -0.05) is 33.8 Å². The van der Waals surface area contributed by atoms with E-state index in [1.807, 2.05) is 26.1 Å². The quantitative estimate of drug-likeness (QED) is 0.796. The zero-order valence-corrected chi connectivity index (χ0v) is 15.6. The molecule has 2 rings (SSSR count). The van der Waals surface area contributed by atoms with Crippen LogP contribution in [0.25, 0.3) is 0 Å². The second kappa shape index (κ2) is 7.01. The highest BCUT2D eigenvalue weighted by atomic mass is 16.5. The predicted molar refractivity (Wildman–Crippen MR) is 94.8 cm³/mol. The molecule has 0 amide bonds. The molecule has 22 heavy (non-hydrogen) atoms. The SMILES string of the molecule is CC.CC(C)CC1=C(C2=CC=CNC2)C(C)(C)N(O)C1(C)C. The van der Waals surface area contributed by atoms with E-state index < -0.39 is 0 Å². The number of hydrogen-bond donors (Lipinski definition) is 2. The molecule has 2 heterocycles. The number of hydroxylamine groups is 2. The Bertz CT molecular complexity index is 482. The van der Waals surface area contributed by atoms with Crippen LogP contribution in [0.3, 0.4) is 0 Å². The molecule has 0 unspecified atom stereocenters. The summed E-state index contributed by atoms with van der Waals surface area (Å²) in [4.78, 5) is 0. The van der Waals surface area contributed by atoms with Gasteiger partial charge in [0.2, 0.25) is 0 Å². The van der Waals surface area contributed by atoms with Crippen molar-refractivity contribution in [3.05, 3.63) is 35.1 Å². The fourth-order valence-corrected chi connectivity index (χ4v) is 3.59. The maximum atomic E-state index is 10.7. The average Bonchev–Trinajstić information content (AvgIpc) is 2.60. The highest BCUT2D eigenvalue weighted by molar-refractivity contribution is 5.52. The normalized spacial score (nSPS) is 23.1. The van der Waals surface area contributed by atoms with Crippen LogP contribution >= 0.6 is 0 Å². The molecule has 0 aromatic rings. The minimum absolute atomic E-state index is 0.314. The lowest BCUT2D eigenvalue weighted by Crippen LogP contribution is -2.49. The van der Waals surface area contributed by atoms with E-state index in [-0.39, 0.29) is 11.1 Å². The van der Waals surface area contributed by atoms with Crippen LogP contribution < -0.4 is 5.32 Å². The van der Waals surface area contributed by atoms with Gasteiger partial charge in [0.25, 0.3) is 0 Å². The predicted octanol–water partition coefficient (Wildman–Crippen LogP) is 4.66. The molecular weight excluding hydrogens is 272 g/mol. The molecule has 3 heteroatoms. The van der Waals surface area contributed by atoms with Crippen LogP contribution in [0.5, 0.6) is 0 Å². The molecule has 0 spiro atoms. The molecule has 126 valence electrons. The van der Waals surface area contributed by atoms with Crippen molar-refractivity contribution >= 4 is 0 Å². The van der Waals surface area contributed by atoms with Crippen molar-refractivity contribution in [2.45, 2.75) is 72.9 Å². The van der Waals surface area contributed by atoms with E-state index in [0.29, 0.717) is 5.92 Å². The molecule has 3 nitrogen and oxygen atoms in total. The number of nitrogens with zero attached hydrogens (tertiary/aromatic N) is 1. The van der Waals surface area contributed by atoms with Crippen molar-refractivity contribution in [2.75, 3.05) is 6.54 Å². The van der Waals surface area contributed by atoms with Crippen molar-refractivity contribution in [3.63, 3.8) is 0 Å². The first-order valence-electron chi connectivity index (χ1n) is 8.51. The molecular formula is C19H34N2O. The van der Waals surface area contributed by atoms with Gasteiger partial charge in [0.05, 0.1) is 11.1 Å². The zero-order chi connectivity index (χ0) is 17.1. The molecule has 0 aliphatic carbocycles. The van der Waals surface area contributed by atoms with Gasteiger partial charge in [-0.05, 0) is 69.0 Å². The summed E-state index contributed by atoms with van der Waals surface area (Å²) in [5.74, 6) is 0.578. The van der Waals surface area contributed by atoms with Gasteiger partial charge in [-0.3, -0.25) is 0 Å². The first-order chi connectivity index (χ1) is 10.2. The standard InChI is InChI=1S/C17H28N2O.C2H6/c1-12(2)10-14-15(13-8-7-9-18-11-13)17(5,6)19(20)16(14,3)4;1-2/h7-9,12,18,20H,10-11H2,1-6H3;1-2H3. The third kappa shape index (κ3) is 3.31. The molecule has 2 aliphatic rings. The topological polar surface area (TPSA) is 35.5 Å². The second-order valence-electron chi connectivity index (χ2n) is 7.31. The lowest BCUT2D eigenvalue weighted by Gasteiger charge is -2.37. The Hall–Kier alpha value is -1.06. The average molecular weight is 306 g/mol. The van der Waals surface area contributed by atoms with E-state index in [9.17, 15) is 5.21 Å². The lowest BCUT2D eigenvalue weighted by atomic mass is 9.81. The van der Waals surface area contributed by atoms with Crippen LogP contribution in [-0.4, -0.2) is 27.9 Å². The smallest absolute Gasteiger partial charge is 0.0665 e. The molecule has 0 aromatic heterocycles. The number of nitrogens with one attached hydrogen (secondary N) is 1. The lowest BCUT2D eigenvalue weighted by molar-refractivity contribution is -0.187.